The van der Waals surface area contributed by atoms with E-state index in [1.54, 1.807) is 6.08 Å². The van der Waals surface area contributed by atoms with Crippen molar-refractivity contribution in [2.45, 2.75) is 138 Å². The van der Waals surface area contributed by atoms with E-state index in [1.807, 2.05) is 32.1 Å². The number of carbonyl (C=O) groups is 2. The van der Waals surface area contributed by atoms with E-state index in [1.165, 1.54) is 97.3 Å². The standard InChI is InChI=1S/C18H33N.C6H10O2.C5H7N.C4H6O2.CO2.2CH4/c1-2-3-4-5-6-7-8-9-10-11-12-13-14-15-16-17-18-19;1-3-4-5-6(7)8-2;1-2-3-4-5-6;1-3-4(5)6-2;2-1-3;;/h9-10H,2-8,11-17H2,1H3;4-5H,3H2,1-2H3;2-3H,4H2,1H3;3H,1H2,2H3;;2*1H4/b10-9-;5-4+;3-2+;;;;. The first kappa shape index (κ1) is 56.1. The zero-order chi connectivity index (χ0) is 33.0. The van der Waals surface area contributed by atoms with Gasteiger partial charge in [0.05, 0.1) is 32.8 Å². The Hall–Kier alpha value is -3.74. The van der Waals surface area contributed by atoms with Crippen LogP contribution < -0.4 is 0 Å². The molecule has 0 aliphatic heterocycles. The number of hydrogen-bond donors (Lipinski definition) is 0. The van der Waals surface area contributed by atoms with Gasteiger partial charge >= 0.3 is 18.1 Å². The Morgan fingerprint density at radius 1 is 0.705 bits per heavy atom. The number of allylic oxidation sites excluding steroid dienone is 5. The Morgan fingerprint density at radius 3 is 1.48 bits per heavy atom. The summed E-state index contributed by atoms with van der Waals surface area (Å²) in [6.07, 6.45) is 32.2. The summed E-state index contributed by atoms with van der Waals surface area (Å²) in [6.45, 7) is 9.28. The molecule has 0 aliphatic rings. The summed E-state index contributed by atoms with van der Waals surface area (Å²) in [4.78, 5) is 36.4. The maximum absolute atomic E-state index is 10.3. The maximum Gasteiger partial charge on any atom is 0.373 e. The highest BCUT2D eigenvalue weighted by atomic mass is 16.5. The highest BCUT2D eigenvalue weighted by Crippen LogP contribution is 2.09. The SMILES string of the molecule is C.C.C/C=C/CC#N.C=CC(=O)OC.CC/C=C/C(=O)OC.CCCCCCCC/C=C\CCCCCCCC#N.O=C=O. The fraction of sp³-hybridized carbons (Fsp3) is 0.639. The highest BCUT2D eigenvalue weighted by Gasteiger charge is 1.90. The van der Waals surface area contributed by atoms with E-state index in [0.717, 1.165) is 25.3 Å². The molecule has 0 aliphatic carbocycles. The van der Waals surface area contributed by atoms with Crippen LogP contribution in [-0.2, 0) is 28.7 Å². The Balaban J connectivity index is -0.0000000908. The zero-order valence-corrected chi connectivity index (χ0v) is 26.9. The Kier molecular flexibility index (Phi) is 80.0. The van der Waals surface area contributed by atoms with Crippen molar-refractivity contribution in [1.29, 1.82) is 10.5 Å². The van der Waals surface area contributed by atoms with Crippen LogP contribution in [0.1, 0.15) is 138 Å². The third-order valence-electron chi connectivity index (χ3n) is 5.05. The Morgan fingerprint density at radius 2 is 1.16 bits per heavy atom. The number of methoxy groups -OCH3 is 2. The van der Waals surface area contributed by atoms with E-state index in [4.69, 9.17) is 20.1 Å². The number of carbonyl (C=O) groups excluding carboxylic acids is 4. The van der Waals surface area contributed by atoms with E-state index < -0.39 is 5.97 Å². The first-order valence-corrected chi connectivity index (χ1v) is 14.8. The van der Waals surface area contributed by atoms with Gasteiger partial charge in [-0.3, -0.25) is 0 Å². The second-order valence-corrected chi connectivity index (χ2v) is 8.57. The van der Waals surface area contributed by atoms with E-state index in [0.29, 0.717) is 6.42 Å². The summed E-state index contributed by atoms with van der Waals surface area (Å²) in [6, 6.07) is 4.18. The molecule has 0 radical (unpaired) electrons. The van der Waals surface area contributed by atoms with Crippen molar-refractivity contribution in [3.63, 3.8) is 0 Å². The predicted octanol–water partition coefficient (Wildman–Crippen LogP) is 10.2. The molecule has 0 bridgehead atoms. The molecule has 0 rings (SSSR count). The Labute approximate surface area is 270 Å². The lowest BCUT2D eigenvalue weighted by Gasteiger charge is -1.98. The largest absolute Gasteiger partial charge is 0.466 e. The van der Waals surface area contributed by atoms with Crippen molar-refractivity contribution in [2.75, 3.05) is 14.2 Å². The van der Waals surface area contributed by atoms with Gasteiger partial charge in [-0.25, -0.2) is 9.59 Å². The van der Waals surface area contributed by atoms with Crippen molar-refractivity contribution in [2.24, 2.45) is 0 Å². The zero-order valence-electron chi connectivity index (χ0n) is 26.9. The minimum atomic E-state index is -0.394. The van der Waals surface area contributed by atoms with Gasteiger partial charge in [-0.2, -0.15) is 20.1 Å². The molecule has 254 valence electrons. The van der Waals surface area contributed by atoms with Crippen LogP contribution in [-0.4, -0.2) is 32.3 Å². The molecule has 0 fully saturated rings. The lowest BCUT2D eigenvalue weighted by Crippen LogP contribution is -1.92. The van der Waals surface area contributed by atoms with Gasteiger partial charge in [-0.05, 0) is 45.4 Å². The first-order chi connectivity index (χ1) is 20.4. The molecule has 0 spiro atoms. The van der Waals surface area contributed by atoms with Crippen LogP contribution in [0.4, 0.5) is 0 Å². The fourth-order valence-corrected chi connectivity index (χ4v) is 2.81. The second kappa shape index (κ2) is 62.8. The second-order valence-electron chi connectivity index (χ2n) is 8.57. The predicted molar refractivity (Wildman–Crippen MR) is 182 cm³/mol. The lowest BCUT2D eigenvalue weighted by molar-refractivity contribution is -0.191. The van der Waals surface area contributed by atoms with Crippen LogP contribution in [0.25, 0.3) is 0 Å². The lowest BCUT2D eigenvalue weighted by atomic mass is 10.1. The number of nitrogens with zero attached hydrogens (tertiary/aromatic N) is 2. The number of ether oxygens (including phenoxy) is 2. The van der Waals surface area contributed by atoms with Gasteiger partial charge in [-0.15, -0.1) is 0 Å². The molecule has 8 heteroatoms. The molecule has 0 N–H and O–H groups in total. The van der Waals surface area contributed by atoms with Crippen molar-refractivity contribution < 1.29 is 28.7 Å². The number of esters is 2. The molecular formula is C36H64N2O6. The molecule has 0 aromatic carbocycles. The molecule has 0 heterocycles. The molecule has 0 unspecified atom stereocenters. The average Bonchev–Trinajstić information content (AvgIpc) is 3.01. The summed E-state index contributed by atoms with van der Waals surface area (Å²) in [5, 5.41) is 16.3. The van der Waals surface area contributed by atoms with Crippen molar-refractivity contribution in [1.82, 2.24) is 0 Å². The fourth-order valence-electron chi connectivity index (χ4n) is 2.81. The van der Waals surface area contributed by atoms with Gasteiger partial charge < -0.3 is 9.47 Å². The summed E-state index contributed by atoms with van der Waals surface area (Å²) < 4.78 is 8.47. The van der Waals surface area contributed by atoms with Gasteiger partial charge in [0.15, 0.2) is 0 Å². The van der Waals surface area contributed by atoms with Crippen molar-refractivity contribution >= 4 is 18.1 Å². The smallest absolute Gasteiger partial charge is 0.373 e. The van der Waals surface area contributed by atoms with Crippen LogP contribution in [0.15, 0.2) is 49.1 Å². The number of nitriles is 2. The molecule has 0 aromatic rings. The van der Waals surface area contributed by atoms with Gasteiger partial charge in [0.2, 0.25) is 0 Å². The molecule has 0 saturated carbocycles. The van der Waals surface area contributed by atoms with E-state index >= 15 is 0 Å². The number of hydrogen-bond acceptors (Lipinski definition) is 8. The van der Waals surface area contributed by atoms with Crippen LogP contribution in [0.2, 0.25) is 0 Å². The van der Waals surface area contributed by atoms with Crippen LogP contribution in [0.5, 0.6) is 0 Å². The maximum atomic E-state index is 10.3. The summed E-state index contributed by atoms with van der Waals surface area (Å²) in [5.74, 6) is -0.679. The quantitative estimate of drug-likeness (QED) is 0.0639. The molecule has 0 amide bonds. The van der Waals surface area contributed by atoms with Crippen molar-refractivity contribution in [3.05, 3.63) is 49.1 Å². The first-order valence-electron chi connectivity index (χ1n) is 14.8. The Bertz CT molecular complexity index is 783. The van der Waals surface area contributed by atoms with Crippen LogP contribution in [0, 0.1) is 22.7 Å². The van der Waals surface area contributed by atoms with Gasteiger partial charge in [-0.1, -0.05) is 117 Å². The minimum Gasteiger partial charge on any atom is -0.466 e. The average molecular weight is 621 g/mol. The summed E-state index contributed by atoms with van der Waals surface area (Å²) in [5.41, 5.74) is 0. The van der Waals surface area contributed by atoms with Crippen molar-refractivity contribution in [3.8, 4) is 12.1 Å². The molecule has 8 nitrogen and oxygen atoms in total. The molecular weight excluding hydrogens is 556 g/mol. The molecule has 0 saturated heterocycles. The monoisotopic (exact) mass is 620 g/mol. The molecule has 0 atom stereocenters. The third kappa shape index (κ3) is 83.2. The molecule has 0 aromatic heterocycles. The number of unbranched alkanes of at least 4 members (excludes halogenated alkanes) is 12. The van der Waals surface area contributed by atoms with Gasteiger partial charge in [0.1, 0.15) is 0 Å². The number of rotatable bonds is 18. The van der Waals surface area contributed by atoms with E-state index in [9.17, 15) is 9.59 Å². The van der Waals surface area contributed by atoms with E-state index in [2.05, 4.69) is 41.2 Å². The van der Waals surface area contributed by atoms with Crippen LogP contribution in [0.3, 0.4) is 0 Å². The minimum absolute atomic E-state index is 0. The third-order valence-corrected chi connectivity index (χ3v) is 5.05. The van der Waals surface area contributed by atoms with Gasteiger partial charge in [0.25, 0.3) is 0 Å². The molecule has 44 heavy (non-hydrogen) atoms. The topological polar surface area (TPSA) is 134 Å². The van der Waals surface area contributed by atoms with Gasteiger partial charge in [0, 0.05) is 18.6 Å². The highest BCUT2D eigenvalue weighted by molar-refractivity contribution is 5.81. The summed E-state index contributed by atoms with van der Waals surface area (Å²) >= 11 is 0. The normalized spacial score (nSPS) is 8.80. The summed E-state index contributed by atoms with van der Waals surface area (Å²) in [7, 11) is 2.67. The van der Waals surface area contributed by atoms with E-state index in [-0.39, 0.29) is 27.0 Å². The van der Waals surface area contributed by atoms with Crippen LogP contribution >= 0.6 is 0 Å².